The van der Waals surface area contributed by atoms with Crippen LogP contribution in [-0.2, 0) is 30.4 Å². The Balaban J connectivity index is 2.32. The summed E-state index contributed by atoms with van der Waals surface area (Å²) in [5.74, 6) is -3.88. The molecule has 1 heterocycles. The number of benzene rings is 1. The number of unbranched alkanes of at least 4 members (excludes halogenated alkanes) is 1. The molecule has 16 nitrogen and oxygen atoms in total. The lowest BCUT2D eigenvalue weighted by molar-refractivity contribution is -0.134. The van der Waals surface area contributed by atoms with Crippen LogP contribution in [-0.4, -0.2) is 83.5 Å². The Morgan fingerprint density at radius 3 is 2.00 bits per heavy atom. The predicted octanol–water partition coefficient (Wildman–Crippen LogP) is -0.815. The van der Waals surface area contributed by atoms with Gasteiger partial charge in [0.2, 0.25) is 35.3 Å². The second kappa shape index (κ2) is 21.1. The van der Waals surface area contributed by atoms with Gasteiger partial charge in [-0.25, -0.2) is 4.98 Å². The van der Waals surface area contributed by atoms with Crippen LogP contribution in [0.3, 0.4) is 0 Å². The van der Waals surface area contributed by atoms with E-state index in [1.807, 2.05) is 0 Å². The quantitative estimate of drug-likeness (QED) is 0.0321. The topological polar surface area (TPSA) is 277 Å². The monoisotopic (exact) mass is 686 g/mol. The van der Waals surface area contributed by atoms with Gasteiger partial charge in [0.25, 0.3) is 0 Å². The van der Waals surface area contributed by atoms with Gasteiger partial charge in [0.15, 0.2) is 11.0 Å². The van der Waals surface area contributed by atoms with Gasteiger partial charge in [0.1, 0.15) is 18.1 Å². The normalized spacial score (nSPS) is 13.2. The first-order valence-corrected chi connectivity index (χ1v) is 16.5. The molecule has 12 N–H and O–H groups in total. The molecule has 2 rings (SSSR count). The summed E-state index contributed by atoms with van der Waals surface area (Å²) in [6.07, 6.45) is 3.07. The fourth-order valence-electron chi connectivity index (χ4n) is 4.73. The van der Waals surface area contributed by atoms with Crippen molar-refractivity contribution in [1.29, 1.82) is 5.41 Å². The van der Waals surface area contributed by atoms with E-state index < -0.39 is 59.5 Å². The van der Waals surface area contributed by atoms with Crippen molar-refractivity contribution in [2.45, 2.75) is 82.5 Å². The third-order valence-electron chi connectivity index (χ3n) is 7.13. The Morgan fingerprint density at radius 1 is 0.812 bits per heavy atom. The smallest absolute Gasteiger partial charge is 0.243 e. The minimum Gasteiger partial charge on any atom is -0.370 e. The van der Waals surface area contributed by atoms with Crippen molar-refractivity contribution < 1.29 is 28.8 Å². The number of primary amides is 1. The third kappa shape index (κ3) is 14.7. The van der Waals surface area contributed by atoms with Crippen molar-refractivity contribution >= 4 is 52.6 Å². The fraction of sp³-hybridized carbons (Fsp3) is 0.484. The van der Waals surface area contributed by atoms with Gasteiger partial charge in [-0.05, 0) is 50.6 Å². The maximum absolute atomic E-state index is 13.8. The summed E-state index contributed by atoms with van der Waals surface area (Å²) < 4.78 is 0. The van der Waals surface area contributed by atoms with Crippen LogP contribution in [0.4, 0.5) is 0 Å². The van der Waals surface area contributed by atoms with Gasteiger partial charge in [-0.2, -0.15) is 0 Å². The molecule has 0 saturated carbocycles. The predicted molar refractivity (Wildman–Crippen MR) is 180 cm³/mol. The molecule has 0 spiro atoms. The number of carbonyl (C=O) groups excluding carboxylic acids is 6. The second-order valence-corrected chi connectivity index (χ2v) is 12.0. The molecule has 0 aliphatic heterocycles. The number of nitrogens with zero attached hydrogens (tertiary/aromatic N) is 1. The summed E-state index contributed by atoms with van der Waals surface area (Å²) >= 11 is 1.12. The summed E-state index contributed by atoms with van der Waals surface area (Å²) in [7, 11) is 0. The minimum absolute atomic E-state index is 0.0343. The highest BCUT2D eigenvalue weighted by molar-refractivity contribution is 7.11. The largest absolute Gasteiger partial charge is 0.370 e. The van der Waals surface area contributed by atoms with Crippen LogP contribution in [0.15, 0.2) is 41.9 Å². The molecule has 0 saturated heterocycles. The Labute approximate surface area is 283 Å². The number of carbonyl (C=O) groups is 6. The molecule has 262 valence electrons. The first kappa shape index (κ1) is 39.3. The van der Waals surface area contributed by atoms with Crippen molar-refractivity contribution in [2.24, 2.45) is 17.2 Å². The van der Waals surface area contributed by atoms with E-state index in [2.05, 4.69) is 31.6 Å². The van der Waals surface area contributed by atoms with E-state index in [4.69, 9.17) is 22.6 Å². The number of amides is 5. The average molecular weight is 687 g/mol. The first-order valence-electron chi connectivity index (χ1n) is 15.6. The van der Waals surface area contributed by atoms with Crippen molar-refractivity contribution in [3.8, 4) is 0 Å². The maximum Gasteiger partial charge on any atom is 0.243 e. The lowest BCUT2D eigenvalue weighted by atomic mass is 10.0. The van der Waals surface area contributed by atoms with E-state index in [1.54, 1.807) is 35.7 Å². The van der Waals surface area contributed by atoms with Gasteiger partial charge in [-0.1, -0.05) is 30.3 Å². The van der Waals surface area contributed by atoms with Crippen LogP contribution in [0, 0.1) is 5.41 Å². The molecule has 0 radical (unpaired) electrons. The highest BCUT2D eigenvalue weighted by atomic mass is 32.1. The second-order valence-electron chi connectivity index (χ2n) is 11.1. The van der Waals surface area contributed by atoms with Gasteiger partial charge in [0.05, 0.1) is 6.04 Å². The summed E-state index contributed by atoms with van der Waals surface area (Å²) in [5.41, 5.74) is 17.0. The zero-order valence-corrected chi connectivity index (χ0v) is 27.8. The minimum atomic E-state index is -1.28. The SMILES string of the molecule is CC(=O)N[C@@H](CCCCN)C(=O)N[C@@H](CCC(N)=O)C(=O)N[C@@H](Cc1ccccc1)C(=O)N[C@@H](CCCNC(=N)N)C(=O)c1nccs1. The molecular weight excluding hydrogens is 640 g/mol. The van der Waals surface area contributed by atoms with Crippen molar-refractivity contribution in [3.05, 3.63) is 52.5 Å². The van der Waals surface area contributed by atoms with Crippen LogP contribution >= 0.6 is 11.3 Å². The van der Waals surface area contributed by atoms with Gasteiger partial charge in [0, 0.05) is 37.9 Å². The number of ketones is 1. The molecule has 5 amide bonds. The third-order valence-corrected chi connectivity index (χ3v) is 7.92. The van der Waals surface area contributed by atoms with E-state index in [0.29, 0.717) is 31.4 Å². The maximum atomic E-state index is 13.8. The van der Waals surface area contributed by atoms with Gasteiger partial charge in [-0.3, -0.25) is 34.2 Å². The number of guanidine groups is 1. The van der Waals surface area contributed by atoms with E-state index in [0.717, 1.165) is 11.3 Å². The molecule has 0 unspecified atom stereocenters. The molecule has 1 aromatic heterocycles. The Kier molecular flexibility index (Phi) is 17.2. The summed E-state index contributed by atoms with van der Waals surface area (Å²) in [5, 5.41) is 22.4. The Hall–Kier alpha value is -4.90. The Bertz CT molecular complexity index is 1380. The Morgan fingerprint density at radius 2 is 1.42 bits per heavy atom. The molecule has 2 aromatic rings. The van der Waals surface area contributed by atoms with Crippen molar-refractivity contribution in [1.82, 2.24) is 31.6 Å². The number of hydrogen-bond donors (Lipinski definition) is 9. The van der Waals surface area contributed by atoms with E-state index in [1.165, 1.54) is 13.1 Å². The lowest BCUT2D eigenvalue weighted by Gasteiger charge is -2.26. The van der Waals surface area contributed by atoms with Gasteiger partial charge >= 0.3 is 0 Å². The highest BCUT2D eigenvalue weighted by Gasteiger charge is 2.32. The van der Waals surface area contributed by atoms with E-state index in [9.17, 15) is 28.8 Å². The van der Waals surface area contributed by atoms with E-state index in [-0.39, 0.29) is 49.6 Å². The average Bonchev–Trinajstić information content (AvgIpc) is 3.58. The number of thiazole rings is 1. The van der Waals surface area contributed by atoms with Crippen LogP contribution < -0.4 is 43.8 Å². The molecule has 17 heteroatoms. The van der Waals surface area contributed by atoms with Crippen LogP contribution in [0.2, 0.25) is 0 Å². The number of nitrogens with two attached hydrogens (primary N) is 3. The van der Waals surface area contributed by atoms with Crippen molar-refractivity contribution in [3.63, 3.8) is 0 Å². The fourth-order valence-corrected chi connectivity index (χ4v) is 5.36. The van der Waals surface area contributed by atoms with E-state index >= 15 is 0 Å². The molecular formula is C31H46N10O6S. The number of nitrogens with one attached hydrogen (secondary N) is 6. The first-order chi connectivity index (χ1) is 22.9. The summed E-state index contributed by atoms with van der Waals surface area (Å²) in [6, 6.07) is 4.41. The zero-order chi connectivity index (χ0) is 35.5. The lowest BCUT2D eigenvalue weighted by Crippen LogP contribution is -2.58. The molecule has 0 aliphatic carbocycles. The molecule has 0 fully saturated rings. The number of aromatic nitrogens is 1. The number of hydrogen-bond acceptors (Lipinski definition) is 10. The highest BCUT2D eigenvalue weighted by Crippen LogP contribution is 2.13. The van der Waals surface area contributed by atoms with Crippen LogP contribution in [0.1, 0.15) is 67.2 Å². The van der Waals surface area contributed by atoms with Gasteiger partial charge < -0.3 is 43.8 Å². The van der Waals surface area contributed by atoms with Crippen molar-refractivity contribution in [2.75, 3.05) is 13.1 Å². The van der Waals surface area contributed by atoms with Gasteiger partial charge in [-0.15, -0.1) is 11.3 Å². The van der Waals surface area contributed by atoms with Crippen LogP contribution in [0.5, 0.6) is 0 Å². The standard InChI is InChI=1S/C31H46N10O6S/c1-19(42)38-22(10-5-6-14-32)27(45)40-23(12-13-25(33)43)28(46)41-24(18-20-8-3-2-4-9-20)29(47)39-21(11-7-15-37-31(34)35)26(44)30-36-16-17-48-30/h2-4,8-9,16-17,21-24H,5-7,10-15,18,32H2,1H3,(H2,33,43)(H,38,42)(H,39,47)(H,40,45)(H,41,46)(H4,34,35,37)/t21-,22-,23-,24-/m0/s1. The summed E-state index contributed by atoms with van der Waals surface area (Å²) in [4.78, 5) is 81.6. The molecule has 4 atom stereocenters. The number of Topliss-reactive ketones (excluding diaryl/α,β-unsaturated/α-hetero) is 1. The molecule has 0 aliphatic rings. The molecule has 0 bridgehead atoms. The van der Waals surface area contributed by atoms with Crippen LogP contribution in [0.25, 0.3) is 0 Å². The zero-order valence-electron chi connectivity index (χ0n) is 27.0. The number of rotatable bonds is 22. The molecule has 1 aromatic carbocycles. The molecule has 48 heavy (non-hydrogen) atoms. The summed E-state index contributed by atoms with van der Waals surface area (Å²) in [6.45, 7) is 1.94.